The number of benzene rings is 1. The maximum absolute atomic E-state index is 11.7. The van der Waals surface area contributed by atoms with Crippen LogP contribution < -0.4 is 5.73 Å². The highest BCUT2D eigenvalue weighted by atomic mass is 32.2. The highest BCUT2D eigenvalue weighted by Crippen LogP contribution is 2.22. The minimum atomic E-state index is -3.09. The van der Waals surface area contributed by atoms with E-state index in [0.717, 1.165) is 11.1 Å². The van der Waals surface area contributed by atoms with Gasteiger partial charge in [-0.25, -0.2) is 8.42 Å². The molecular weight excluding hydrogens is 222 g/mol. The van der Waals surface area contributed by atoms with E-state index in [1.54, 1.807) is 13.8 Å². The fourth-order valence-corrected chi connectivity index (χ4v) is 2.82. The standard InChI is InChI=1S/C12H19NO2S/c1-4-16(14,15)10(3)12(13)11-8-6-5-7-9(11)2/h5-8,10,12H,4,13H2,1-3H3. The second-order valence-electron chi connectivity index (χ2n) is 4.04. The molecule has 1 aromatic carbocycles. The minimum Gasteiger partial charge on any atom is -0.323 e. The van der Waals surface area contributed by atoms with Gasteiger partial charge < -0.3 is 5.73 Å². The van der Waals surface area contributed by atoms with E-state index in [0.29, 0.717) is 0 Å². The first-order chi connectivity index (χ1) is 7.40. The molecule has 2 N–H and O–H groups in total. The van der Waals surface area contributed by atoms with E-state index in [9.17, 15) is 8.42 Å². The van der Waals surface area contributed by atoms with Crippen molar-refractivity contribution in [2.24, 2.45) is 5.73 Å². The molecule has 2 atom stereocenters. The minimum absolute atomic E-state index is 0.133. The Hall–Kier alpha value is -0.870. The van der Waals surface area contributed by atoms with Crippen LogP contribution in [0.2, 0.25) is 0 Å². The number of nitrogens with two attached hydrogens (primary N) is 1. The van der Waals surface area contributed by atoms with Gasteiger partial charge in [0.2, 0.25) is 0 Å². The highest BCUT2D eigenvalue weighted by molar-refractivity contribution is 7.92. The van der Waals surface area contributed by atoms with Gasteiger partial charge >= 0.3 is 0 Å². The molecule has 1 rings (SSSR count). The van der Waals surface area contributed by atoms with Crippen molar-refractivity contribution in [1.82, 2.24) is 0 Å². The van der Waals surface area contributed by atoms with E-state index in [-0.39, 0.29) is 5.75 Å². The Labute approximate surface area is 97.6 Å². The van der Waals surface area contributed by atoms with Crippen molar-refractivity contribution in [2.75, 3.05) is 5.75 Å². The Morgan fingerprint density at radius 3 is 2.38 bits per heavy atom. The van der Waals surface area contributed by atoms with Crippen LogP contribution in [0.1, 0.15) is 31.0 Å². The maximum Gasteiger partial charge on any atom is 0.154 e. The van der Waals surface area contributed by atoms with Crippen molar-refractivity contribution in [3.8, 4) is 0 Å². The molecule has 0 radical (unpaired) electrons. The lowest BCUT2D eigenvalue weighted by Crippen LogP contribution is -2.32. The third-order valence-electron chi connectivity index (χ3n) is 3.02. The Balaban J connectivity index is 3.04. The van der Waals surface area contributed by atoms with Gasteiger partial charge in [0.25, 0.3) is 0 Å². The SMILES string of the molecule is CCS(=O)(=O)C(C)C(N)c1ccccc1C. The van der Waals surface area contributed by atoms with E-state index in [2.05, 4.69) is 0 Å². The van der Waals surface area contributed by atoms with Crippen LogP contribution in [0.15, 0.2) is 24.3 Å². The first-order valence-electron chi connectivity index (χ1n) is 5.42. The van der Waals surface area contributed by atoms with Crippen LogP contribution in [-0.4, -0.2) is 19.4 Å². The normalized spacial score (nSPS) is 15.8. The van der Waals surface area contributed by atoms with Gasteiger partial charge in [-0.1, -0.05) is 31.2 Å². The Morgan fingerprint density at radius 2 is 1.88 bits per heavy atom. The number of aryl methyl sites for hydroxylation is 1. The molecule has 0 fully saturated rings. The Bertz CT molecular complexity index is 454. The molecule has 90 valence electrons. The lowest BCUT2D eigenvalue weighted by Gasteiger charge is -2.21. The second kappa shape index (κ2) is 4.97. The van der Waals surface area contributed by atoms with Crippen molar-refractivity contribution in [1.29, 1.82) is 0 Å². The molecule has 1 aromatic rings. The van der Waals surface area contributed by atoms with E-state index in [1.807, 2.05) is 31.2 Å². The number of hydrogen-bond donors (Lipinski definition) is 1. The molecule has 0 heterocycles. The van der Waals surface area contributed by atoms with Gasteiger partial charge in [0, 0.05) is 11.8 Å². The van der Waals surface area contributed by atoms with E-state index in [1.165, 1.54) is 0 Å². The lowest BCUT2D eigenvalue weighted by molar-refractivity contribution is 0.565. The van der Waals surface area contributed by atoms with Gasteiger partial charge in [-0.2, -0.15) is 0 Å². The molecule has 16 heavy (non-hydrogen) atoms. The summed E-state index contributed by atoms with van der Waals surface area (Å²) in [6, 6.07) is 7.19. The van der Waals surface area contributed by atoms with Crippen LogP contribution in [0.3, 0.4) is 0 Å². The van der Waals surface area contributed by atoms with Gasteiger partial charge in [-0.3, -0.25) is 0 Å². The van der Waals surface area contributed by atoms with Crippen LogP contribution in [0, 0.1) is 6.92 Å². The molecule has 0 saturated carbocycles. The average Bonchev–Trinajstić information content (AvgIpc) is 2.27. The summed E-state index contributed by atoms with van der Waals surface area (Å²) in [6.45, 7) is 5.27. The summed E-state index contributed by atoms with van der Waals surface area (Å²) in [6.07, 6.45) is 0. The van der Waals surface area contributed by atoms with Crippen LogP contribution in [0.5, 0.6) is 0 Å². The highest BCUT2D eigenvalue weighted by Gasteiger charge is 2.26. The smallest absolute Gasteiger partial charge is 0.154 e. The summed E-state index contributed by atoms with van der Waals surface area (Å²) in [4.78, 5) is 0. The van der Waals surface area contributed by atoms with Crippen LogP contribution in [-0.2, 0) is 9.84 Å². The lowest BCUT2D eigenvalue weighted by atomic mass is 10.0. The molecule has 0 aliphatic heterocycles. The summed E-state index contributed by atoms with van der Waals surface area (Å²) in [7, 11) is -3.09. The molecule has 4 heteroatoms. The van der Waals surface area contributed by atoms with Crippen LogP contribution in [0.4, 0.5) is 0 Å². The van der Waals surface area contributed by atoms with Crippen molar-refractivity contribution in [2.45, 2.75) is 32.1 Å². The van der Waals surface area contributed by atoms with E-state index in [4.69, 9.17) is 5.73 Å². The van der Waals surface area contributed by atoms with Crippen molar-refractivity contribution >= 4 is 9.84 Å². The van der Waals surface area contributed by atoms with Crippen LogP contribution in [0.25, 0.3) is 0 Å². The molecule has 0 aromatic heterocycles. The maximum atomic E-state index is 11.7. The predicted molar refractivity (Wildman–Crippen MR) is 67.0 cm³/mol. The van der Waals surface area contributed by atoms with Gasteiger partial charge in [-0.15, -0.1) is 0 Å². The average molecular weight is 241 g/mol. The summed E-state index contributed by atoms with van der Waals surface area (Å²) in [5.41, 5.74) is 7.97. The summed E-state index contributed by atoms with van der Waals surface area (Å²) in [5, 5.41) is -0.543. The van der Waals surface area contributed by atoms with Crippen molar-refractivity contribution in [3.05, 3.63) is 35.4 Å². The first-order valence-corrected chi connectivity index (χ1v) is 7.14. The second-order valence-corrected chi connectivity index (χ2v) is 6.69. The Kier molecular flexibility index (Phi) is 4.10. The number of hydrogen-bond acceptors (Lipinski definition) is 3. The third kappa shape index (κ3) is 2.62. The van der Waals surface area contributed by atoms with Gasteiger partial charge in [0.1, 0.15) is 0 Å². The first kappa shape index (κ1) is 13.2. The van der Waals surface area contributed by atoms with Crippen molar-refractivity contribution in [3.63, 3.8) is 0 Å². The molecule has 0 spiro atoms. The zero-order valence-corrected chi connectivity index (χ0v) is 10.8. The quantitative estimate of drug-likeness (QED) is 0.874. The zero-order valence-electron chi connectivity index (χ0n) is 9.97. The molecule has 0 aliphatic carbocycles. The predicted octanol–water partition coefficient (Wildman–Crippen LogP) is 1.82. The van der Waals surface area contributed by atoms with Gasteiger partial charge in [-0.05, 0) is 25.0 Å². The summed E-state index contributed by atoms with van der Waals surface area (Å²) >= 11 is 0. The van der Waals surface area contributed by atoms with E-state index >= 15 is 0 Å². The monoisotopic (exact) mass is 241 g/mol. The molecule has 0 amide bonds. The zero-order chi connectivity index (χ0) is 12.3. The summed E-state index contributed by atoms with van der Waals surface area (Å²) in [5.74, 6) is 0.133. The topological polar surface area (TPSA) is 60.2 Å². The molecule has 0 saturated heterocycles. The number of sulfone groups is 1. The fraction of sp³-hybridized carbons (Fsp3) is 0.500. The molecule has 0 bridgehead atoms. The molecule has 3 nitrogen and oxygen atoms in total. The molecule has 2 unspecified atom stereocenters. The van der Waals surface area contributed by atoms with Gasteiger partial charge in [0.05, 0.1) is 5.25 Å². The largest absolute Gasteiger partial charge is 0.323 e. The molecule has 0 aliphatic rings. The molecular formula is C12H19NO2S. The van der Waals surface area contributed by atoms with Gasteiger partial charge in [0.15, 0.2) is 9.84 Å². The Morgan fingerprint density at radius 1 is 1.31 bits per heavy atom. The number of rotatable bonds is 4. The summed E-state index contributed by atoms with van der Waals surface area (Å²) < 4.78 is 23.5. The van der Waals surface area contributed by atoms with Crippen molar-refractivity contribution < 1.29 is 8.42 Å². The van der Waals surface area contributed by atoms with Crippen LogP contribution >= 0.6 is 0 Å². The fourth-order valence-electron chi connectivity index (χ4n) is 1.70. The third-order valence-corrected chi connectivity index (χ3v) is 5.25. The van der Waals surface area contributed by atoms with E-state index < -0.39 is 21.1 Å².